The van der Waals surface area contributed by atoms with Crippen molar-refractivity contribution in [2.24, 2.45) is 5.92 Å². The van der Waals surface area contributed by atoms with E-state index in [0.29, 0.717) is 19.6 Å². The molecule has 6 heteroatoms. The number of carboxylic acid groups (broad SMARTS) is 1. The Kier molecular flexibility index (Phi) is 4.06. The summed E-state index contributed by atoms with van der Waals surface area (Å²) in [6.45, 7) is 1.00. The maximum atomic E-state index is 11.6. The van der Waals surface area contributed by atoms with Crippen LogP contribution >= 0.6 is 0 Å². The third-order valence-electron chi connectivity index (χ3n) is 3.56. The lowest BCUT2D eigenvalue weighted by Crippen LogP contribution is -2.57. The molecule has 18 heavy (non-hydrogen) atoms. The largest absolute Gasteiger partial charge is 0.479 e. The van der Waals surface area contributed by atoms with E-state index in [9.17, 15) is 9.59 Å². The Hall–Kier alpha value is -1.30. The van der Waals surface area contributed by atoms with E-state index in [4.69, 9.17) is 9.84 Å². The summed E-state index contributed by atoms with van der Waals surface area (Å²) in [5.74, 6) is -0.184. The first kappa shape index (κ1) is 13.1. The molecule has 1 heterocycles. The average molecular weight is 256 g/mol. The van der Waals surface area contributed by atoms with Gasteiger partial charge < -0.3 is 20.5 Å². The van der Waals surface area contributed by atoms with Crippen LogP contribution in [0.25, 0.3) is 0 Å². The number of carbonyl (C=O) groups excluding carboxylic acids is 1. The standard InChI is InChI=1S/C12H20N2O4/c15-10(16)12(5-7-18-8-12)14-11(17)13-6-1-2-9-3-4-9/h9H,1-8H2,(H,15,16)(H2,13,14,17). The van der Waals surface area contributed by atoms with Crippen LogP contribution in [-0.2, 0) is 9.53 Å². The summed E-state index contributed by atoms with van der Waals surface area (Å²) in [7, 11) is 0. The number of amides is 2. The van der Waals surface area contributed by atoms with Crippen molar-refractivity contribution in [2.75, 3.05) is 19.8 Å². The van der Waals surface area contributed by atoms with Gasteiger partial charge in [-0.15, -0.1) is 0 Å². The Morgan fingerprint density at radius 1 is 1.39 bits per heavy atom. The second-order valence-corrected chi connectivity index (χ2v) is 5.16. The van der Waals surface area contributed by atoms with Crippen LogP contribution in [0.3, 0.4) is 0 Å². The zero-order chi connectivity index (χ0) is 13.0. The van der Waals surface area contributed by atoms with Crippen molar-refractivity contribution < 1.29 is 19.4 Å². The summed E-state index contributed by atoms with van der Waals surface area (Å²) in [5.41, 5.74) is -1.25. The van der Waals surface area contributed by atoms with Gasteiger partial charge in [0.15, 0.2) is 5.54 Å². The monoisotopic (exact) mass is 256 g/mol. The van der Waals surface area contributed by atoms with Crippen LogP contribution in [-0.4, -0.2) is 42.4 Å². The molecular weight excluding hydrogens is 236 g/mol. The minimum Gasteiger partial charge on any atom is -0.479 e. The predicted molar refractivity (Wildman–Crippen MR) is 64.3 cm³/mol. The van der Waals surface area contributed by atoms with E-state index in [1.807, 2.05) is 0 Å². The first-order valence-electron chi connectivity index (χ1n) is 6.49. The van der Waals surface area contributed by atoms with E-state index in [1.54, 1.807) is 0 Å². The van der Waals surface area contributed by atoms with Crippen molar-refractivity contribution in [3.05, 3.63) is 0 Å². The fourth-order valence-corrected chi connectivity index (χ4v) is 2.15. The van der Waals surface area contributed by atoms with Crippen molar-refractivity contribution in [3.8, 4) is 0 Å². The van der Waals surface area contributed by atoms with E-state index in [0.717, 1.165) is 18.8 Å². The van der Waals surface area contributed by atoms with Crippen molar-refractivity contribution >= 4 is 12.0 Å². The minimum atomic E-state index is -1.25. The summed E-state index contributed by atoms with van der Waals surface area (Å²) in [6, 6.07) is -0.418. The van der Waals surface area contributed by atoms with Crippen molar-refractivity contribution in [2.45, 2.75) is 37.6 Å². The molecule has 1 saturated heterocycles. The van der Waals surface area contributed by atoms with Crippen molar-refractivity contribution in [1.29, 1.82) is 0 Å². The van der Waals surface area contributed by atoms with Crippen LogP contribution in [0, 0.1) is 5.92 Å². The molecule has 1 aliphatic carbocycles. The molecule has 1 saturated carbocycles. The van der Waals surface area contributed by atoms with Gasteiger partial charge in [0.05, 0.1) is 6.61 Å². The van der Waals surface area contributed by atoms with Gasteiger partial charge in [0.1, 0.15) is 0 Å². The molecule has 1 atom stereocenters. The lowest BCUT2D eigenvalue weighted by molar-refractivity contribution is -0.144. The summed E-state index contributed by atoms with van der Waals surface area (Å²) in [6.07, 6.45) is 5.04. The summed E-state index contributed by atoms with van der Waals surface area (Å²) in [5, 5.41) is 14.4. The molecule has 1 unspecified atom stereocenters. The highest BCUT2D eigenvalue weighted by atomic mass is 16.5. The number of aliphatic carboxylic acids is 1. The Morgan fingerprint density at radius 2 is 2.17 bits per heavy atom. The highest BCUT2D eigenvalue weighted by Crippen LogP contribution is 2.33. The molecule has 0 radical (unpaired) electrons. The van der Waals surface area contributed by atoms with E-state index in [-0.39, 0.29) is 6.61 Å². The van der Waals surface area contributed by atoms with Crippen LogP contribution in [0.1, 0.15) is 32.1 Å². The molecule has 2 amide bonds. The zero-order valence-electron chi connectivity index (χ0n) is 10.4. The van der Waals surface area contributed by atoms with Gasteiger partial charge in [-0.2, -0.15) is 0 Å². The SMILES string of the molecule is O=C(NCCCC1CC1)NC1(C(=O)O)CCOC1. The predicted octanol–water partition coefficient (Wildman–Crippen LogP) is 0.719. The quantitative estimate of drug-likeness (QED) is 0.611. The Balaban J connectivity index is 1.69. The average Bonchev–Trinajstić information content (AvgIpc) is 3.03. The molecule has 0 bridgehead atoms. The van der Waals surface area contributed by atoms with E-state index < -0.39 is 17.5 Å². The lowest BCUT2D eigenvalue weighted by Gasteiger charge is -2.23. The van der Waals surface area contributed by atoms with Gasteiger partial charge >= 0.3 is 12.0 Å². The first-order valence-corrected chi connectivity index (χ1v) is 6.49. The molecule has 6 nitrogen and oxygen atoms in total. The fraction of sp³-hybridized carbons (Fsp3) is 0.833. The molecular formula is C12H20N2O4. The molecule has 0 aromatic rings. The van der Waals surface area contributed by atoms with E-state index >= 15 is 0 Å². The molecule has 0 spiro atoms. The molecule has 3 N–H and O–H groups in total. The van der Waals surface area contributed by atoms with Gasteiger partial charge in [-0.1, -0.05) is 12.8 Å². The van der Waals surface area contributed by atoms with Crippen LogP contribution in [0.5, 0.6) is 0 Å². The topological polar surface area (TPSA) is 87.7 Å². The summed E-state index contributed by atoms with van der Waals surface area (Å²) >= 11 is 0. The van der Waals surface area contributed by atoms with Gasteiger partial charge in [-0.05, 0) is 18.8 Å². The van der Waals surface area contributed by atoms with Gasteiger partial charge in [-0.25, -0.2) is 9.59 Å². The van der Waals surface area contributed by atoms with Crippen LogP contribution < -0.4 is 10.6 Å². The molecule has 0 aromatic heterocycles. The molecule has 2 aliphatic rings. The van der Waals surface area contributed by atoms with Gasteiger partial charge in [0.2, 0.25) is 0 Å². The molecule has 1 aliphatic heterocycles. The van der Waals surface area contributed by atoms with Crippen molar-refractivity contribution in [3.63, 3.8) is 0 Å². The van der Waals surface area contributed by atoms with Crippen molar-refractivity contribution in [1.82, 2.24) is 10.6 Å². The number of hydrogen-bond acceptors (Lipinski definition) is 3. The van der Waals surface area contributed by atoms with Gasteiger partial charge in [0.25, 0.3) is 0 Å². The highest BCUT2D eigenvalue weighted by Gasteiger charge is 2.43. The second-order valence-electron chi connectivity index (χ2n) is 5.16. The Morgan fingerprint density at radius 3 is 2.72 bits per heavy atom. The second kappa shape index (κ2) is 5.56. The summed E-state index contributed by atoms with van der Waals surface area (Å²) < 4.78 is 5.06. The molecule has 2 rings (SSSR count). The summed E-state index contributed by atoms with van der Waals surface area (Å²) in [4.78, 5) is 22.8. The third-order valence-corrected chi connectivity index (χ3v) is 3.56. The van der Waals surface area contributed by atoms with Crippen LogP contribution in [0.15, 0.2) is 0 Å². The van der Waals surface area contributed by atoms with Crippen LogP contribution in [0.4, 0.5) is 4.79 Å². The van der Waals surface area contributed by atoms with Gasteiger partial charge in [0, 0.05) is 19.6 Å². The first-order chi connectivity index (χ1) is 8.62. The third kappa shape index (κ3) is 3.35. The number of rotatable bonds is 6. The van der Waals surface area contributed by atoms with Crippen LogP contribution in [0.2, 0.25) is 0 Å². The number of carboxylic acids is 1. The number of hydrogen-bond donors (Lipinski definition) is 3. The fourth-order valence-electron chi connectivity index (χ4n) is 2.15. The zero-order valence-corrected chi connectivity index (χ0v) is 10.4. The molecule has 0 aromatic carbocycles. The number of carbonyl (C=O) groups is 2. The number of nitrogens with one attached hydrogen (secondary N) is 2. The molecule has 102 valence electrons. The van der Waals surface area contributed by atoms with E-state index in [1.165, 1.54) is 12.8 Å². The number of urea groups is 1. The van der Waals surface area contributed by atoms with E-state index in [2.05, 4.69) is 10.6 Å². The number of ether oxygens (including phenoxy) is 1. The normalized spacial score (nSPS) is 26.9. The Bertz CT molecular complexity index is 322. The molecule has 2 fully saturated rings. The lowest BCUT2D eigenvalue weighted by atomic mass is 9.99. The Labute approximate surface area is 106 Å². The highest BCUT2D eigenvalue weighted by molar-refractivity contribution is 5.86. The smallest absolute Gasteiger partial charge is 0.332 e. The van der Waals surface area contributed by atoms with Gasteiger partial charge in [-0.3, -0.25) is 0 Å². The minimum absolute atomic E-state index is 0.0395. The maximum Gasteiger partial charge on any atom is 0.332 e. The maximum absolute atomic E-state index is 11.6.